The number of aryl methyl sites for hydroxylation is 1. The van der Waals surface area contributed by atoms with Crippen LogP contribution >= 0.6 is 22.7 Å². The van der Waals surface area contributed by atoms with Crippen molar-refractivity contribution in [2.75, 3.05) is 4.90 Å². The van der Waals surface area contributed by atoms with E-state index in [9.17, 15) is 14.7 Å². The normalized spacial score (nSPS) is 15.3. The number of amides is 1. The highest BCUT2D eigenvalue weighted by Gasteiger charge is 2.46. The number of thiophene rings is 1. The molecule has 4 aromatic rings. The minimum atomic E-state index is -1.82. The first-order chi connectivity index (χ1) is 16.7. The van der Waals surface area contributed by atoms with Crippen molar-refractivity contribution in [3.8, 4) is 0 Å². The number of thiazole rings is 1. The van der Waals surface area contributed by atoms with E-state index in [0.717, 1.165) is 20.7 Å². The molecule has 12 heteroatoms. The Morgan fingerprint density at radius 2 is 1.83 bits per heavy atom. The lowest BCUT2D eigenvalue weighted by Gasteiger charge is -2.22. The number of aliphatic carboxylic acids is 2. The van der Waals surface area contributed by atoms with Crippen LogP contribution in [0.4, 0.5) is 5.13 Å². The molecule has 0 bridgehead atoms. The number of nitrogens with zero attached hydrogens (tertiary/aromatic N) is 2. The molecule has 10 nitrogen and oxygen atoms in total. The van der Waals surface area contributed by atoms with Crippen molar-refractivity contribution in [2.24, 2.45) is 0 Å². The lowest BCUT2D eigenvalue weighted by Crippen LogP contribution is -2.30. The van der Waals surface area contributed by atoms with Crippen molar-refractivity contribution in [1.29, 1.82) is 0 Å². The number of carbonyl (C=O) groups excluding carboxylic acids is 2. The Balaban J connectivity index is 0.000000431. The van der Waals surface area contributed by atoms with E-state index in [0.29, 0.717) is 5.13 Å². The van der Waals surface area contributed by atoms with Crippen molar-refractivity contribution >= 4 is 61.7 Å². The van der Waals surface area contributed by atoms with Gasteiger partial charge in [0.05, 0.1) is 22.1 Å². The number of Topliss-reactive ketones (excluding diaryl/α,β-unsaturated/α-hetero) is 1. The molecule has 1 unspecified atom stereocenters. The molecule has 4 heterocycles. The van der Waals surface area contributed by atoms with Gasteiger partial charge in [-0.15, -0.1) is 11.3 Å². The van der Waals surface area contributed by atoms with E-state index in [1.807, 2.05) is 42.6 Å². The Bertz CT molecular complexity index is 1460. The minimum absolute atomic E-state index is 0.00263. The average molecular weight is 513 g/mol. The predicted molar refractivity (Wildman–Crippen MR) is 127 cm³/mol. The number of ketones is 1. The van der Waals surface area contributed by atoms with Gasteiger partial charge in [-0.3, -0.25) is 14.5 Å². The number of hydrogen-bond donors (Lipinski definition) is 3. The zero-order chi connectivity index (χ0) is 25.3. The summed E-state index contributed by atoms with van der Waals surface area (Å²) in [4.78, 5) is 51.1. The fourth-order valence-electron chi connectivity index (χ4n) is 3.41. The fraction of sp³-hybridized carbons (Fsp3) is 0.0870. The first kappa shape index (κ1) is 23.9. The number of fused-ring (bicyclic) bond motifs is 1. The monoisotopic (exact) mass is 512 g/mol. The fourth-order valence-corrected chi connectivity index (χ4v) is 5.33. The number of aromatic nitrogens is 1. The van der Waals surface area contributed by atoms with E-state index in [-0.39, 0.29) is 11.3 Å². The molecule has 1 amide bonds. The van der Waals surface area contributed by atoms with Crippen LogP contribution in [0.25, 0.3) is 10.2 Å². The highest BCUT2D eigenvalue weighted by Crippen LogP contribution is 2.45. The van der Waals surface area contributed by atoms with E-state index in [1.54, 1.807) is 6.07 Å². The number of aliphatic hydroxyl groups is 1. The third-order valence-corrected chi connectivity index (χ3v) is 6.87. The number of furan rings is 1. The van der Waals surface area contributed by atoms with Gasteiger partial charge < -0.3 is 19.7 Å². The maximum Gasteiger partial charge on any atom is 0.414 e. The maximum atomic E-state index is 13.1. The van der Waals surface area contributed by atoms with Crippen LogP contribution in [0, 0.1) is 6.92 Å². The highest BCUT2D eigenvalue weighted by molar-refractivity contribution is 7.22. The molecule has 0 saturated heterocycles. The molecular weight excluding hydrogens is 496 g/mol. The predicted octanol–water partition coefficient (Wildman–Crippen LogP) is 4.20. The molecule has 5 rings (SSSR count). The molecule has 1 aromatic carbocycles. The van der Waals surface area contributed by atoms with Gasteiger partial charge in [0.25, 0.3) is 5.91 Å². The van der Waals surface area contributed by atoms with E-state index < -0.39 is 35.4 Å². The van der Waals surface area contributed by atoms with Crippen LogP contribution in [0.2, 0.25) is 0 Å². The maximum absolute atomic E-state index is 13.1. The summed E-state index contributed by atoms with van der Waals surface area (Å²) in [6.45, 7) is 1.99. The minimum Gasteiger partial charge on any atom is -0.503 e. The van der Waals surface area contributed by atoms with Gasteiger partial charge in [0.15, 0.2) is 16.7 Å². The SMILES string of the molecule is Cc1ccc2nc(N3C(=O)C(O)=C(C(=O)c4ccco4)C3c3cccs3)sc2c1.O=C(O)C(=O)O. The smallest absolute Gasteiger partial charge is 0.414 e. The Morgan fingerprint density at radius 1 is 1.09 bits per heavy atom. The van der Waals surface area contributed by atoms with Gasteiger partial charge in [-0.05, 0) is 48.2 Å². The Kier molecular flexibility index (Phi) is 6.49. The molecule has 1 aliphatic heterocycles. The van der Waals surface area contributed by atoms with Crippen LogP contribution in [0.5, 0.6) is 0 Å². The van der Waals surface area contributed by atoms with Gasteiger partial charge in [-0.25, -0.2) is 14.6 Å². The van der Waals surface area contributed by atoms with Gasteiger partial charge >= 0.3 is 11.9 Å². The Morgan fingerprint density at radius 3 is 2.43 bits per heavy atom. The number of carbonyl (C=O) groups is 4. The molecule has 0 spiro atoms. The zero-order valence-electron chi connectivity index (χ0n) is 17.9. The van der Waals surface area contributed by atoms with Crippen LogP contribution in [0.1, 0.15) is 27.0 Å². The summed E-state index contributed by atoms with van der Waals surface area (Å²) in [6.07, 6.45) is 1.38. The van der Waals surface area contributed by atoms with Crippen LogP contribution in [-0.4, -0.2) is 43.9 Å². The van der Waals surface area contributed by atoms with Crippen molar-refractivity contribution in [2.45, 2.75) is 13.0 Å². The van der Waals surface area contributed by atoms with Crippen molar-refractivity contribution in [1.82, 2.24) is 4.98 Å². The second-order valence-electron chi connectivity index (χ2n) is 7.24. The van der Waals surface area contributed by atoms with Gasteiger partial charge in [0.2, 0.25) is 5.78 Å². The van der Waals surface area contributed by atoms with Crippen LogP contribution in [0.15, 0.2) is 69.9 Å². The average Bonchev–Trinajstić information content (AvgIpc) is 3.61. The number of benzene rings is 1. The van der Waals surface area contributed by atoms with E-state index >= 15 is 0 Å². The second-order valence-corrected chi connectivity index (χ2v) is 9.23. The summed E-state index contributed by atoms with van der Waals surface area (Å²) in [5, 5.41) is 27.7. The van der Waals surface area contributed by atoms with Crippen LogP contribution in [0.3, 0.4) is 0 Å². The van der Waals surface area contributed by atoms with E-state index in [1.165, 1.54) is 39.9 Å². The molecule has 0 saturated carbocycles. The van der Waals surface area contributed by atoms with Gasteiger partial charge in [0.1, 0.15) is 6.04 Å². The number of carboxylic acids is 2. The number of hydrogen-bond acceptors (Lipinski definition) is 9. The molecular formula is C23H16N2O8S2. The van der Waals surface area contributed by atoms with Crippen molar-refractivity contribution in [3.63, 3.8) is 0 Å². The summed E-state index contributed by atoms with van der Waals surface area (Å²) >= 11 is 2.76. The summed E-state index contributed by atoms with van der Waals surface area (Å²) in [5.74, 6) is -5.30. The number of carboxylic acid groups (broad SMARTS) is 2. The first-order valence-corrected chi connectivity index (χ1v) is 11.6. The standard InChI is InChI=1S/C21H14N2O4S2.C2H2O4/c1-11-6-7-12-15(10-11)29-21(22-12)23-17(14-5-3-9-28-14)16(19(25)20(23)26)18(24)13-4-2-8-27-13;3-1(4)2(5)6/h2-10,17,25H,1H3;(H,3,4)(H,5,6). The molecule has 3 N–H and O–H groups in total. The molecule has 1 aliphatic rings. The molecule has 178 valence electrons. The largest absolute Gasteiger partial charge is 0.503 e. The van der Waals surface area contributed by atoms with Crippen LogP contribution in [-0.2, 0) is 14.4 Å². The Hall–Kier alpha value is -4.29. The van der Waals surface area contributed by atoms with Crippen LogP contribution < -0.4 is 4.90 Å². The van der Waals surface area contributed by atoms with Crippen molar-refractivity contribution < 1.29 is 38.9 Å². The Labute approximate surface area is 205 Å². The number of anilines is 1. The quantitative estimate of drug-likeness (QED) is 0.269. The van der Waals surface area contributed by atoms with Gasteiger partial charge in [0, 0.05) is 4.88 Å². The summed E-state index contributed by atoms with van der Waals surface area (Å²) < 4.78 is 6.16. The van der Waals surface area contributed by atoms with Gasteiger partial charge in [-0.1, -0.05) is 23.5 Å². The molecule has 0 fully saturated rings. The third kappa shape index (κ3) is 4.56. The van der Waals surface area contributed by atoms with E-state index in [4.69, 9.17) is 24.2 Å². The zero-order valence-corrected chi connectivity index (χ0v) is 19.5. The molecule has 0 radical (unpaired) electrons. The van der Waals surface area contributed by atoms with Gasteiger partial charge in [-0.2, -0.15) is 0 Å². The third-order valence-electron chi connectivity index (χ3n) is 4.93. The number of rotatable bonds is 4. The summed E-state index contributed by atoms with van der Waals surface area (Å²) in [6, 6.07) is 11.9. The lowest BCUT2D eigenvalue weighted by molar-refractivity contribution is -0.159. The topological polar surface area (TPSA) is 158 Å². The second kappa shape index (κ2) is 9.52. The lowest BCUT2D eigenvalue weighted by atomic mass is 10.0. The molecule has 1 atom stereocenters. The molecule has 35 heavy (non-hydrogen) atoms. The summed E-state index contributed by atoms with van der Waals surface area (Å²) in [7, 11) is 0. The molecule has 3 aromatic heterocycles. The summed E-state index contributed by atoms with van der Waals surface area (Å²) in [5.41, 5.74) is 1.85. The van der Waals surface area contributed by atoms with E-state index in [2.05, 4.69) is 4.98 Å². The molecule has 0 aliphatic carbocycles. The highest BCUT2D eigenvalue weighted by atomic mass is 32.1. The van der Waals surface area contributed by atoms with Crippen molar-refractivity contribution in [3.05, 3.63) is 81.6 Å². The first-order valence-electron chi connectivity index (χ1n) is 9.90. The number of aliphatic hydroxyl groups excluding tert-OH is 1.